The van der Waals surface area contributed by atoms with Crippen LogP contribution < -0.4 is 15.5 Å². The molecule has 2 N–H and O–H groups in total. The van der Waals surface area contributed by atoms with Crippen LogP contribution in [0.1, 0.15) is 25.3 Å². The van der Waals surface area contributed by atoms with Crippen LogP contribution in [-0.2, 0) is 16.0 Å². The minimum Gasteiger partial charge on any atom is -0.372 e. The second-order valence-corrected chi connectivity index (χ2v) is 6.35. The van der Waals surface area contributed by atoms with Crippen molar-refractivity contribution in [3.8, 4) is 0 Å². The smallest absolute Gasteiger partial charge is 0.228 e. The Labute approximate surface area is 148 Å². The van der Waals surface area contributed by atoms with Gasteiger partial charge in [-0.3, -0.25) is 9.59 Å². The SMILES string of the molecule is CC(=O)Nc1cccc(NC(=O)Cc2ccc(N3CCCC3)cc2)c1. The summed E-state index contributed by atoms with van der Waals surface area (Å²) in [6.07, 6.45) is 2.83. The summed E-state index contributed by atoms with van der Waals surface area (Å²) in [5.41, 5.74) is 3.55. The molecule has 1 aliphatic rings. The number of nitrogens with zero attached hydrogens (tertiary/aromatic N) is 1. The van der Waals surface area contributed by atoms with E-state index >= 15 is 0 Å². The molecule has 0 unspecified atom stereocenters. The number of nitrogens with one attached hydrogen (secondary N) is 2. The van der Waals surface area contributed by atoms with Crippen LogP contribution in [0.4, 0.5) is 17.1 Å². The first-order valence-corrected chi connectivity index (χ1v) is 8.61. The molecule has 0 bridgehead atoms. The topological polar surface area (TPSA) is 61.4 Å². The third-order valence-corrected chi connectivity index (χ3v) is 4.24. The largest absolute Gasteiger partial charge is 0.372 e. The third kappa shape index (κ3) is 4.83. The van der Waals surface area contributed by atoms with Gasteiger partial charge >= 0.3 is 0 Å². The van der Waals surface area contributed by atoms with E-state index in [1.54, 1.807) is 24.3 Å². The van der Waals surface area contributed by atoms with E-state index in [-0.39, 0.29) is 11.8 Å². The molecule has 2 aromatic rings. The van der Waals surface area contributed by atoms with Gasteiger partial charge in [-0.15, -0.1) is 0 Å². The van der Waals surface area contributed by atoms with Gasteiger partial charge in [-0.2, -0.15) is 0 Å². The van der Waals surface area contributed by atoms with Gasteiger partial charge in [0.1, 0.15) is 0 Å². The standard InChI is InChI=1S/C20H23N3O2/c1-15(24)21-17-5-4-6-18(14-17)22-20(25)13-16-7-9-19(10-8-16)23-11-2-3-12-23/h4-10,14H,2-3,11-13H2,1H3,(H,21,24)(H,22,25). The molecule has 25 heavy (non-hydrogen) atoms. The van der Waals surface area contributed by atoms with Crippen molar-refractivity contribution >= 4 is 28.9 Å². The summed E-state index contributed by atoms with van der Waals surface area (Å²) in [7, 11) is 0. The minimum atomic E-state index is -0.137. The molecule has 1 heterocycles. The van der Waals surface area contributed by atoms with E-state index in [9.17, 15) is 9.59 Å². The van der Waals surface area contributed by atoms with Crippen molar-refractivity contribution < 1.29 is 9.59 Å². The number of rotatable bonds is 5. The van der Waals surface area contributed by atoms with E-state index < -0.39 is 0 Å². The lowest BCUT2D eigenvalue weighted by Crippen LogP contribution is -2.18. The zero-order valence-electron chi connectivity index (χ0n) is 14.4. The number of hydrogen-bond donors (Lipinski definition) is 2. The van der Waals surface area contributed by atoms with Gasteiger partial charge in [0.25, 0.3) is 0 Å². The summed E-state index contributed by atoms with van der Waals surface area (Å²) >= 11 is 0. The molecule has 0 aromatic heterocycles. The summed E-state index contributed by atoms with van der Waals surface area (Å²) in [5.74, 6) is -0.213. The number of amides is 2. The van der Waals surface area contributed by atoms with Crippen LogP contribution in [0.2, 0.25) is 0 Å². The first-order chi connectivity index (χ1) is 12.1. The summed E-state index contributed by atoms with van der Waals surface area (Å²) in [6, 6.07) is 15.3. The quantitative estimate of drug-likeness (QED) is 0.879. The number of benzene rings is 2. The van der Waals surface area contributed by atoms with Crippen LogP contribution in [0, 0.1) is 0 Å². The van der Waals surface area contributed by atoms with E-state index in [0.29, 0.717) is 17.8 Å². The second kappa shape index (κ2) is 7.83. The highest BCUT2D eigenvalue weighted by Gasteiger charge is 2.12. The van der Waals surface area contributed by atoms with Crippen molar-refractivity contribution in [2.45, 2.75) is 26.2 Å². The zero-order valence-corrected chi connectivity index (χ0v) is 14.4. The first kappa shape index (κ1) is 17.0. The summed E-state index contributed by atoms with van der Waals surface area (Å²) in [6.45, 7) is 3.69. The molecule has 2 amide bonds. The van der Waals surface area contributed by atoms with Crippen LogP contribution in [0.25, 0.3) is 0 Å². The Morgan fingerprint density at radius 3 is 2.24 bits per heavy atom. The second-order valence-electron chi connectivity index (χ2n) is 6.35. The molecule has 3 rings (SSSR count). The highest BCUT2D eigenvalue weighted by Crippen LogP contribution is 2.21. The Balaban J connectivity index is 1.58. The Bertz CT molecular complexity index is 750. The molecule has 0 aliphatic carbocycles. The molecule has 5 heteroatoms. The van der Waals surface area contributed by atoms with Gasteiger partial charge in [0.15, 0.2) is 0 Å². The molecule has 1 saturated heterocycles. The minimum absolute atomic E-state index is 0.0751. The molecule has 2 aromatic carbocycles. The summed E-state index contributed by atoms with van der Waals surface area (Å²) in [5, 5.41) is 5.58. The molecule has 1 fully saturated rings. The number of carbonyl (C=O) groups is 2. The maximum absolute atomic E-state index is 12.2. The van der Waals surface area contributed by atoms with Crippen molar-refractivity contribution in [2.75, 3.05) is 28.6 Å². The lowest BCUT2D eigenvalue weighted by atomic mass is 10.1. The van der Waals surface area contributed by atoms with Crippen LogP contribution in [0.15, 0.2) is 48.5 Å². The highest BCUT2D eigenvalue weighted by atomic mass is 16.2. The lowest BCUT2D eigenvalue weighted by Gasteiger charge is -2.17. The van der Waals surface area contributed by atoms with Gasteiger partial charge in [-0.05, 0) is 48.7 Å². The maximum Gasteiger partial charge on any atom is 0.228 e. The molecule has 1 aliphatic heterocycles. The van der Waals surface area contributed by atoms with Gasteiger partial charge in [0, 0.05) is 37.1 Å². The van der Waals surface area contributed by atoms with Gasteiger partial charge in [0.2, 0.25) is 11.8 Å². The Morgan fingerprint density at radius 1 is 0.960 bits per heavy atom. The molecule has 0 saturated carbocycles. The lowest BCUT2D eigenvalue weighted by molar-refractivity contribution is -0.115. The van der Waals surface area contributed by atoms with E-state index in [4.69, 9.17) is 0 Å². The zero-order chi connectivity index (χ0) is 17.6. The third-order valence-electron chi connectivity index (χ3n) is 4.24. The van der Waals surface area contributed by atoms with E-state index in [2.05, 4.69) is 27.7 Å². The fraction of sp³-hybridized carbons (Fsp3) is 0.300. The van der Waals surface area contributed by atoms with Crippen LogP contribution >= 0.6 is 0 Å². The summed E-state index contributed by atoms with van der Waals surface area (Å²) < 4.78 is 0. The molecule has 0 spiro atoms. The van der Waals surface area contributed by atoms with Crippen LogP contribution in [0.5, 0.6) is 0 Å². The molecular weight excluding hydrogens is 314 g/mol. The van der Waals surface area contributed by atoms with Crippen molar-refractivity contribution in [1.29, 1.82) is 0 Å². The van der Waals surface area contributed by atoms with Crippen molar-refractivity contribution in [1.82, 2.24) is 0 Å². The molecule has 5 nitrogen and oxygen atoms in total. The van der Waals surface area contributed by atoms with E-state index in [1.807, 2.05) is 12.1 Å². The Kier molecular flexibility index (Phi) is 5.33. The fourth-order valence-electron chi connectivity index (χ4n) is 3.07. The predicted molar refractivity (Wildman–Crippen MR) is 101 cm³/mol. The number of anilines is 3. The maximum atomic E-state index is 12.2. The van der Waals surface area contributed by atoms with Crippen molar-refractivity contribution in [2.24, 2.45) is 0 Å². The first-order valence-electron chi connectivity index (χ1n) is 8.61. The average molecular weight is 337 g/mol. The molecule has 0 radical (unpaired) electrons. The van der Waals surface area contributed by atoms with Crippen LogP contribution in [-0.4, -0.2) is 24.9 Å². The Hall–Kier alpha value is -2.82. The molecule has 0 atom stereocenters. The fourth-order valence-corrected chi connectivity index (χ4v) is 3.07. The monoisotopic (exact) mass is 337 g/mol. The predicted octanol–water partition coefficient (Wildman–Crippen LogP) is 3.43. The van der Waals surface area contributed by atoms with E-state index in [0.717, 1.165) is 18.7 Å². The normalized spacial score (nSPS) is 13.6. The molecule has 130 valence electrons. The number of carbonyl (C=O) groups excluding carboxylic acids is 2. The van der Waals surface area contributed by atoms with Gasteiger partial charge in [-0.1, -0.05) is 18.2 Å². The average Bonchev–Trinajstić information content (AvgIpc) is 3.09. The van der Waals surface area contributed by atoms with Crippen molar-refractivity contribution in [3.05, 3.63) is 54.1 Å². The van der Waals surface area contributed by atoms with Gasteiger partial charge < -0.3 is 15.5 Å². The molecular formula is C20H23N3O2. The van der Waals surface area contributed by atoms with Gasteiger partial charge in [-0.25, -0.2) is 0 Å². The summed E-state index contributed by atoms with van der Waals surface area (Å²) in [4.78, 5) is 25.7. The van der Waals surface area contributed by atoms with Crippen molar-refractivity contribution in [3.63, 3.8) is 0 Å². The highest BCUT2D eigenvalue weighted by molar-refractivity contribution is 5.94. The number of hydrogen-bond acceptors (Lipinski definition) is 3. The van der Waals surface area contributed by atoms with Gasteiger partial charge in [0.05, 0.1) is 6.42 Å². The Morgan fingerprint density at radius 2 is 1.60 bits per heavy atom. The van der Waals surface area contributed by atoms with E-state index in [1.165, 1.54) is 25.5 Å². The van der Waals surface area contributed by atoms with Crippen LogP contribution in [0.3, 0.4) is 0 Å².